The number of hydrogen-bond acceptors (Lipinski definition) is 2. The molecule has 0 aromatic carbocycles. The van der Waals surface area contributed by atoms with E-state index in [1.165, 1.54) is 18.6 Å². The molecule has 0 heterocycles. The Kier molecular flexibility index (Phi) is 2.07. The van der Waals surface area contributed by atoms with Gasteiger partial charge in [0.05, 0.1) is 0 Å². The lowest BCUT2D eigenvalue weighted by Crippen LogP contribution is -2.32. The van der Waals surface area contributed by atoms with Crippen LogP contribution in [0.3, 0.4) is 0 Å². The summed E-state index contributed by atoms with van der Waals surface area (Å²) in [5.74, 6) is 1.31. The van der Waals surface area contributed by atoms with Crippen LogP contribution < -0.4 is 0 Å². The molecule has 0 spiro atoms. The summed E-state index contributed by atoms with van der Waals surface area (Å²) in [6, 6.07) is 0. The Morgan fingerprint density at radius 2 is 2.00 bits per heavy atom. The van der Waals surface area contributed by atoms with Gasteiger partial charge in [-0.3, -0.25) is 0 Å². The zero-order chi connectivity index (χ0) is 6.91. The van der Waals surface area contributed by atoms with Crippen LogP contribution in [-0.2, 0) is 0 Å². The minimum atomic E-state index is 0.597. The Hall–Kier alpha value is 0.310. The zero-order valence-corrected chi connectivity index (χ0v) is 7.29. The second-order valence-corrected chi connectivity index (χ2v) is 3.92. The van der Waals surface area contributed by atoms with E-state index in [1.807, 2.05) is 11.8 Å². The van der Waals surface area contributed by atoms with Gasteiger partial charge in [0.15, 0.2) is 0 Å². The summed E-state index contributed by atoms with van der Waals surface area (Å²) in [4.78, 5) is 2.36. The van der Waals surface area contributed by atoms with Crippen molar-refractivity contribution in [3.8, 4) is 0 Å². The molecule has 0 saturated heterocycles. The van der Waals surface area contributed by atoms with Gasteiger partial charge in [-0.1, -0.05) is 0 Å². The van der Waals surface area contributed by atoms with Gasteiger partial charge < -0.3 is 4.90 Å². The van der Waals surface area contributed by atoms with E-state index in [0.717, 1.165) is 0 Å². The molecule has 0 aromatic heterocycles. The van der Waals surface area contributed by atoms with E-state index in [1.54, 1.807) is 0 Å². The fraction of sp³-hybridized carbons (Fsp3) is 1.00. The lowest BCUT2D eigenvalue weighted by Gasteiger charge is -2.22. The van der Waals surface area contributed by atoms with Gasteiger partial charge >= 0.3 is 0 Å². The monoisotopic (exact) mass is 145 g/mol. The molecule has 0 N–H and O–H groups in total. The standard InChI is InChI=1S/C7H15NS/c1-8(2)7(4-5-7)6-9-3/h4-6H2,1-3H3. The SMILES string of the molecule is CSCC1(N(C)C)CC1. The molecule has 1 nitrogen and oxygen atoms in total. The third-order valence-corrected chi connectivity index (χ3v) is 3.01. The van der Waals surface area contributed by atoms with Gasteiger partial charge in [-0.25, -0.2) is 0 Å². The lowest BCUT2D eigenvalue weighted by molar-refractivity contribution is 0.299. The molecule has 0 bridgehead atoms. The molecule has 0 radical (unpaired) electrons. The topological polar surface area (TPSA) is 3.24 Å². The predicted molar refractivity (Wildman–Crippen MR) is 44.0 cm³/mol. The summed E-state index contributed by atoms with van der Waals surface area (Å²) in [6.45, 7) is 0. The first-order valence-corrected chi connectivity index (χ1v) is 4.77. The Morgan fingerprint density at radius 1 is 1.44 bits per heavy atom. The van der Waals surface area contributed by atoms with E-state index in [-0.39, 0.29) is 0 Å². The molecule has 1 fully saturated rings. The molecule has 0 atom stereocenters. The maximum Gasteiger partial charge on any atom is 0.0295 e. The molecule has 0 aromatic rings. The molecular formula is C7H15NS. The van der Waals surface area contributed by atoms with Crippen molar-refractivity contribution < 1.29 is 0 Å². The average molecular weight is 145 g/mol. The third-order valence-electron chi connectivity index (χ3n) is 2.19. The summed E-state index contributed by atoms with van der Waals surface area (Å²) in [5.41, 5.74) is 0.597. The van der Waals surface area contributed by atoms with Crippen LogP contribution in [-0.4, -0.2) is 36.5 Å². The molecule has 0 amide bonds. The zero-order valence-electron chi connectivity index (χ0n) is 6.48. The van der Waals surface area contributed by atoms with Gasteiger partial charge in [0.25, 0.3) is 0 Å². The fourth-order valence-corrected chi connectivity index (χ4v) is 2.22. The molecule has 9 heavy (non-hydrogen) atoms. The van der Waals surface area contributed by atoms with Crippen molar-refractivity contribution in [2.75, 3.05) is 26.1 Å². The Balaban J connectivity index is 2.33. The Labute approximate surface area is 61.8 Å². The van der Waals surface area contributed by atoms with Crippen LogP contribution in [0.2, 0.25) is 0 Å². The molecule has 0 unspecified atom stereocenters. The van der Waals surface area contributed by atoms with Gasteiger partial charge in [-0.2, -0.15) is 11.8 Å². The maximum atomic E-state index is 2.36. The van der Waals surface area contributed by atoms with Crippen molar-refractivity contribution in [2.24, 2.45) is 0 Å². The second-order valence-electron chi connectivity index (χ2n) is 3.05. The minimum Gasteiger partial charge on any atom is -0.303 e. The van der Waals surface area contributed by atoms with Crippen LogP contribution in [0.4, 0.5) is 0 Å². The number of thioether (sulfide) groups is 1. The van der Waals surface area contributed by atoms with Crippen LogP contribution in [0.1, 0.15) is 12.8 Å². The number of nitrogens with zero attached hydrogens (tertiary/aromatic N) is 1. The van der Waals surface area contributed by atoms with E-state index in [9.17, 15) is 0 Å². The Bertz CT molecular complexity index is 97.1. The molecule has 54 valence electrons. The second kappa shape index (κ2) is 2.51. The molecule has 1 rings (SSSR count). The number of hydrogen-bond donors (Lipinski definition) is 0. The van der Waals surface area contributed by atoms with Crippen LogP contribution in [0.15, 0.2) is 0 Å². The molecule has 1 saturated carbocycles. The molecule has 2 heteroatoms. The summed E-state index contributed by atoms with van der Waals surface area (Å²) in [7, 11) is 4.37. The highest BCUT2D eigenvalue weighted by atomic mass is 32.2. The number of rotatable bonds is 3. The van der Waals surface area contributed by atoms with Gasteiger partial charge in [-0.05, 0) is 33.2 Å². The maximum absolute atomic E-state index is 2.36. The molecule has 0 aliphatic heterocycles. The van der Waals surface area contributed by atoms with Crippen molar-refractivity contribution in [1.82, 2.24) is 4.90 Å². The van der Waals surface area contributed by atoms with E-state index in [0.29, 0.717) is 5.54 Å². The Morgan fingerprint density at radius 3 is 2.11 bits per heavy atom. The van der Waals surface area contributed by atoms with E-state index >= 15 is 0 Å². The summed E-state index contributed by atoms with van der Waals surface area (Å²) < 4.78 is 0. The highest BCUT2D eigenvalue weighted by Crippen LogP contribution is 2.41. The van der Waals surface area contributed by atoms with Gasteiger partial charge in [0, 0.05) is 11.3 Å². The third kappa shape index (κ3) is 1.41. The highest BCUT2D eigenvalue weighted by molar-refractivity contribution is 7.98. The first-order valence-electron chi connectivity index (χ1n) is 3.38. The van der Waals surface area contributed by atoms with Crippen molar-refractivity contribution in [3.63, 3.8) is 0 Å². The first kappa shape index (κ1) is 7.42. The van der Waals surface area contributed by atoms with E-state index in [2.05, 4.69) is 25.3 Å². The smallest absolute Gasteiger partial charge is 0.0295 e. The van der Waals surface area contributed by atoms with Crippen LogP contribution in [0.25, 0.3) is 0 Å². The van der Waals surface area contributed by atoms with E-state index in [4.69, 9.17) is 0 Å². The molecular weight excluding hydrogens is 130 g/mol. The van der Waals surface area contributed by atoms with Gasteiger partial charge in [-0.15, -0.1) is 0 Å². The van der Waals surface area contributed by atoms with Gasteiger partial charge in [0.1, 0.15) is 0 Å². The lowest BCUT2D eigenvalue weighted by atomic mass is 10.3. The summed E-state index contributed by atoms with van der Waals surface area (Å²) in [6.07, 6.45) is 4.99. The van der Waals surface area contributed by atoms with Crippen molar-refractivity contribution in [2.45, 2.75) is 18.4 Å². The van der Waals surface area contributed by atoms with Crippen LogP contribution in [0.5, 0.6) is 0 Å². The van der Waals surface area contributed by atoms with Crippen molar-refractivity contribution >= 4 is 11.8 Å². The van der Waals surface area contributed by atoms with Crippen molar-refractivity contribution in [1.29, 1.82) is 0 Å². The molecule has 1 aliphatic carbocycles. The normalized spacial score (nSPS) is 22.7. The quantitative estimate of drug-likeness (QED) is 0.591. The van der Waals surface area contributed by atoms with E-state index < -0.39 is 0 Å². The van der Waals surface area contributed by atoms with Crippen molar-refractivity contribution in [3.05, 3.63) is 0 Å². The van der Waals surface area contributed by atoms with Crippen LogP contribution >= 0.6 is 11.8 Å². The first-order chi connectivity index (χ1) is 4.21. The largest absolute Gasteiger partial charge is 0.303 e. The predicted octanol–water partition coefficient (Wildman–Crippen LogP) is 1.44. The summed E-state index contributed by atoms with van der Waals surface area (Å²) in [5, 5.41) is 0. The molecule has 1 aliphatic rings. The average Bonchev–Trinajstić information content (AvgIpc) is 2.49. The highest BCUT2D eigenvalue weighted by Gasteiger charge is 2.43. The fourth-order valence-electron chi connectivity index (χ4n) is 1.13. The van der Waals surface area contributed by atoms with Crippen LogP contribution in [0, 0.1) is 0 Å². The minimum absolute atomic E-state index is 0.597. The van der Waals surface area contributed by atoms with Gasteiger partial charge in [0.2, 0.25) is 0 Å². The summed E-state index contributed by atoms with van der Waals surface area (Å²) >= 11 is 1.96.